The second-order valence-electron chi connectivity index (χ2n) is 3.40. The Balaban J connectivity index is 2.76. The third-order valence-electron chi connectivity index (χ3n) is 2.25. The molecule has 0 saturated carbocycles. The minimum Gasteiger partial charge on any atom is -0.468 e. The van der Waals surface area contributed by atoms with Crippen LogP contribution < -0.4 is 5.73 Å². The summed E-state index contributed by atoms with van der Waals surface area (Å²) < 4.78 is 17.3. The minimum absolute atomic E-state index is 0.289. The molecule has 82 valence electrons. The van der Waals surface area contributed by atoms with Gasteiger partial charge in [-0.3, -0.25) is 4.79 Å². The van der Waals surface area contributed by atoms with Gasteiger partial charge >= 0.3 is 5.97 Å². The Bertz CT molecular complexity index is 366. The molecule has 0 amide bonds. The van der Waals surface area contributed by atoms with Crippen molar-refractivity contribution in [2.24, 2.45) is 5.73 Å². The summed E-state index contributed by atoms with van der Waals surface area (Å²) in [6.45, 7) is 1.78. The van der Waals surface area contributed by atoms with Crippen LogP contribution in [-0.4, -0.2) is 19.1 Å². The zero-order valence-electron chi connectivity index (χ0n) is 8.79. The van der Waals surface area contributed by atoms with Crippen molar-refractivity contribution >= 4 is 5.97 Å². The lowest BCUT2D eigenvalue weighted by molar-refractivity contribution is -0.142. The van der Waals surface area contributed by atoms with E-state index in [-0.39, 0.29) is 5.82 Å². The van der Waals surface area contributed by atoms with E-state index >= 15 is 0 Å². The van der Waals surface area contributed by atoms with Gasteiger partial charge in [0.15, 0.2) is 0 Å². The van der Waals surface area contributed by atoms with Gasteiger partial charge in [-0.25, -0.2) is 4.39 Å². The van der Waals surface area contributed by atoms with Crippen molar-refractivity contribution in [3.8, 4) is 0 Å². The third kappa shape index (κ3) is 3.02. The molecule has 15 heavy (non-hydrogen) atoms. The van der Waals surface area contributed by atoms with Gasteiger partial charge < -0.3 is 10.5 Å². The fraction of sp³-hybridized carbons (Fsp3) is 0.364. The molecule has 0 unspecified atom stereocenters. The largest absolute Gasteiger partial charge is 0.468 e. The SMILES string of the molecule is COC(=O)[C@H](N)Cc1ccc(F)cc1C. The predicted molar refractivity (Wildman–Crippen MR) is 54.8 cm³/mol. The van der Waals surface area contributed by atoms with E-state index in [1.807, 2.05) is 0 Å². The Morgan fingerprint density at radius 1 is 1.60 bits per heavy atom. The molecular formula is C11H14FNO2. The number of nitrogens with two attached hydrogens (primary N) is 1. The van der Waals surface area contributed by atoms with Crippen LogP contribution in [0.15, 0.2) is 18.2 Å². The number of carbonyl (C=O) groups excluding carboxylic acids is 1. The lowest BCUT2D eigenvalue weighted by Crippen LogP contribution is -2.33. The summed E-state index contributed by atoms with van der Waals surface area (Å²) in [5.74, 6) is -0.749. The van der Waals surface area contributed by atoms with E-state index in [9.17, 15) is 9.18 Å². The lowest BCUT2D eigenvalue weighted by atomic mass is 10.0. The average Bonchev–Trinajstić information content (AvgIpc) is 2.20. The highest BCUT2D eigenvalue weighted by molar-refractivity contribution is 5.75. The van der Waals surface area contributed by atoms with Gasteiger partial charge in [0.25, 0.3) is 0 Å². The number of methoxy groups -OCH3 is 1. The Morgan fingerprint density at radius 3 is 2.80 bits per heavy atom. The van der Waals surface area contributed by atoms with E-state index in [0.717, 1.165) is 11.1 Å². The Hall–Kier alpha value is -1.42. The van der Waals surface area contributed by atoms with Gasteiger partial charge in [-0.05, 0) is 36.6 Å². The number of rotatable bonds is 3. The number of esters is 1. The summed E-state index contributed by atoms with van der Waals surface area (Å²) in [4.78, 5) is 11.1. The molecule has 1 atom stereocenters. The van der Waals surface area contributed by atoms with E-state index in [0.29, 0.717) is 6.42 Å². The Morgan fingerprint density at radius 2 is 2.27 bits per heavy atom. The van der Waals surface area contributed by atoms with Crippen LogP contribution in [0.3, 0.4) is 0 Å². The van der Waals surface area contributed by atoms with Crippen LogP contribution in [0.4, 0.5) is 4.39 Å². The molecule has 2 N–H and O–H groups in total. The number of hydrogen-bond acceptors (Lipinski definition) is 3. The number of carbonyl (C=O) groups is 1. The molecule has 0 bridgehead atoms. The monoisotopic (exact) mass is 211 g/mol. The number of ether oxygens (including phenoxy) is 1. The minimum atomic E-state index is -0.695. The van der Waals surface area contributed by atoms with E-state index in [1.165, 1.54) is 19.2 Å². The van der Waals surface area contributed by atoms with Crippen LogP contribution in [0.5, 0.6) is 0 Å². The predicted octanol–water partition coefficient (Wildman–Crippen LogP) is 1.18. The van der Waals surface area contributed by atoms with Crippen molar-refractivity contribution in [2.75, 3.05) is 7.11 Å². The van der Waals surface area contributed by atoms with Gasteiger partial charge in [-0.2, -0.15) is 0 Å². The van der Waals surface area contributed by atoms with Crippen LogP contribution >= 0.6 is 0 Å². The van der Waals surface area contributed by atoms with Crippen LogP contribution in [-0.2, 0) is 16.0 Å². The van der Waals surface area contributed by atoms with Crippen molar-refractivity contribution in [2.45, 2.75) is 19.4 Å². The fourth-order valence-corrected chi connectivity index (χ4v) is 1.36. The highest BCUT2D eigenvalue weighted by Gasteiger charge is 2.15. The van der Waals surface area contributed by atoms with Crippen LogP contribution in [0.25, 0.3) is 0 Å². The van der Waals surface area contributed by atoms with Gasteiger partial charge in [-0.1, -0.05) is 6.07 Å². The second kappa shape index (κ2) is 4.89. The molecule has 0 heterocycles. The van der Waals surface area contributed by atoms with Crippen molar-refractivity contribution < 1.29 is 13.9 Å². The first-order valence-corrected chi connectivity index (χ1v) is 4.63. The molecule has 0 aliphatic carbocycles. The van der Waals surface area contributed by atoms with Gasteiger partial charge in [0.1, 0.15) is 11.9 Å². The molecule has 4 heteroatoms. The molecule has 0 aromatic heterocycles. The summed E-state index contributed by atoms with van der Waals surface area (Å²) in [5, 5.41) is 0. The smallest absolute Gasteiger partial charge is 0.322 e. The van der Waals surface area contributed by atoms with Gasteiger partial charge in [0, 0.05) is 0 Å². The molecule has 0 spiro atoms. The fourth-order valence-electron chi connectivity index (χ4n) is 1.36. The maximum Gasteiger partial charge on any atom is 0.322 e. The lowest BCUT2D eigenvalue weighted by Gasteiger charge is -2.11. The zero-order valence-corrected chi connectivity index (χ0v) is 8.79. The first-order chi connectivity index (χ1) is 7.04. The second-order valence-corrected chi connectivity index (χ2v) is 3.40. The van der Waals surface area contributed by atoms with Crippen LogP contribution in [0, 0.1) is 12.7 Å². The number of halogens is 1. The van der Waals surface area contributed by atoms with Gasteiger partial charge in [-0.15, -0.1) is 0 Å². The molecule has 1 rings (SSSR count). The maximum absolute atomic E-state index is 12.8. The van der Waals surface area contributed by atoms with Gasteiger partial charge in [0.05, 0.1) is 7.11 Å². The summed E-state index contributed by atoms with van der Waals surface area (Å²) in [6.07, 6.45) is 0.360. The summed E-state index contributed by atoms with van der Waals surface area (Å²) in [6, 6.07) is 3.71. The highest BCUT2D eigenvalue weighted by Crippen LogP contribution is 2.12. The maximum atomic E-state index is 12.8. The molecule has 0 aliphatic heterocycles. The third-order valence-corrected chi connectivity index (χ3v) is 2.25. The normalized spacial score (nSPS) is 12.3. The molecular weight excluding hydrogens is 197 g/mol. The first-order valence-electron chi connectivity index (χ1n) is 4.63. The molecule has 3 nitrogen and oxygen atoms in total. The Kier molecular flexibility index (Phi) is 3.80. The molecule has 0 aliphatic rings. The molecule has 0 fully saturated rings. The number of aryl methyl sites for hydroxylation is 1. The standard InChI is InChI=1S/C11H14FNO2/c1-7-5-9(12)4-3-8(7)6-10(13)11(14)15-2/h3-5,10H,6,13H2,1-2H3/t10-/m1/s1. The van der Waals surface area contributed by atoms with E-state index in [1.54, 1.807) is 13.0 Å². The quantitative estimate of drug-likeness (QED) is 0.764. The number of hydrogen-bond donors (Lipinski definition) is 1. The topological polar surface area (TPSA) is 52.3 Å². The zero-order chi connectivity index (χ0) is 11.4. The first kappa shape index (κ1) is 11.7. The van der Waals surface area contributed by atoms with Crippen LogP contribution in [0.2, 0.25) is 0 Å². The molecule has 0 radical (unpaired) electrons. The van der Waals surface area contributed by atoms with Crippen molar-refractivity contribution in [3.63, 3.8) is 0 Å². The molecule has 1 aromatic carbocycles. The molecule has 0 saturated heterocycles. The van der Waals surface area contributed by atoms with Crippen molar-refractivity contribution in [3.05, 3.63) is 35.1 Å². The van der Waals surface area contributed by atoms with Crippen LogP contribution in [0.1, 0.15) is 11.1 Å². The van der Waals surface area contributed by atoms with Crippen molar-refractivity contribution in [1.82, 2.24) is 0 Å². The summed E-state index contributed by atoms with van der Waals surface area (Å²) in [7, 11) is 1.29. The average molecular weight is 211 g/mol. The van der Waals surface area contributed by atoms with E-state index < -0.39 is 12.0 Å². The number of benzene rings is 1. The summed E-state index contributed by atoms with van der Waals surface area (Å²) >= 11 is 0. The van der Waals surface area contributed by atoms with Crippen molar-refractivity contribution in [1.29, 1.82) is 0 Å². The van der Waals surface area contributed by atoms with E-state index in [2.05, 4.69) is 4.74 Å². The molecule has 1 aromatic rings. The Labute approximate surface area is 88.0 Å². The highest BCUT2D eigenvalue weighted by atomic mass is 19.1. The summed E-state index contributed by atoms with van der Waals surface area (Å²) in [5.41, 5.74) is 7.24. The van der Waals surface area contributed by atoms with E-state index in [4.69, 9.17) is 5.73 Å². The van der Waals surface area contributed by atoms with Gasteiger partial charge in [0.2, 0.25) is 0 Å².